The third kappa shape index (κ3) is 2.53. The van der Waals surface area contributed by atoms with Crippen LogP contribution in [-0.4, -0.2) is 33.6 Å². The van der Waals surface area contributed by atoms with Gasteiger partial charge in [-0.1, -0.05) is 5.21 Å². The Morgan fingerprint density at radius 1 is 1.59 bits per heavy atom. The van der Waals surface area contributed by atoms with Crippen LogP contribution in [0.4, 0.5) is 0 Å². The van der Waals surface area contributed by atoms with E-state index in [0.29, 0.717) is 0 Å². The van der Waals surface area contributed by atoms with Crippen molar-refractivity contribution in [2.24, 2.45) is 7.05 Å². The van der Waals surface area contributed by atoms with Gasteiger partial charge in [-0.05, 0) is 15.9 Å². The lowest BCUT2D eigenvalue weighted by Crippen LogP contribution is -2.25. The SMILES string of the molecule is Cn1nnc(Br)c1S(=O)(=O)NCc1cn[nH]c1. The van der Waals surface area contributed by atoms with E-state index in [-0.39, 0.29) is 16.2 Å². The summed E-state index contributed by atoms with van der Waals surface area (Å²) in [5.41, 5.74) is 0.736. The zero-order chi connectivity index (χ0) is 12.5. The Kier molecular flexibility index (Phi) is 3.26. The number of aromatic nitrogens is 5. The summed E-state index contributed by atoms with van der Waals surface area (Å²) in [5, 5.41) is 13.5. The first-order valence-electron chi connectivity index (χ1n) is 4.53. The van der Waals surface area contributed by atoms with Crippen molar-refractivity contribution in [3.8, 4) is 0 Å². The van der Waals surface area contributed by atoms with Crippen molar-refractivity contribution in [3.63, 3.8) is 0 Å². The Hall–Kier alpha value is -1.26. The molecular formula is C7H9BrN6O2S. The van der Waals surface area contributed by atoms with Crippen molar-refractivity contribution in [3.05, 3.63) is 22.6 Å². The quantitative estimate of drug-likeness (QED) is 0.810. The van der Waals surface area contributed by atoms with Crippen LogP contribution in [0.1, 0.15) is 5.56 Å². The van der Waals surface area contributed by atoms with Crippen LogP contribution in [0, 0.1) is 0 Å². The van der Waals surface area contributed by atoms with Crippen molar-refractivity contribution in [1.82, 2.24) is 29.9 Å². The average Bonchev–Trinajstić information content (AvgIpc) is 2.86. The van der Waals surface area contributed by atoms with Gasteiger partial charge in [0.1, 0.15) is 0 Å². The van der Waals surface area contributed by atoms with E-state index in [1.807, 2.05) is 0 Å². The minimum absolute atomic E-state index is 0.0130. The number of hydrogen-bond acceptors (Lipinski definition) is 5. The van der Waals surface area contributed by atoms with E-state index < -0.39 is 10.0 Å². The van der Waals surface area contributed by atoms with Crippen LogP contribution >= 0.6 is 15.9 Å². The molecule has 0 aliphatic rings. The highest BCUT2D eigenvalue weighted by Gasteiger charge is 2.23. The highest BCUT2D eigenvalue weighted by Crippen LogP contribution is 2.17. The maximum absolute atomic E-state index is 12.0. The van der Waals surface area contributed by atoms with Crippen molar-refractivity contribution >= 4 is 26.0 Å². The van der Waals surface area contributed by atoms with Crippen molar-refractivity contribution < 1.29 is 8.42 Å². The Morgan fingerprint density at radius 2 is 2.35 bits per heavy atom. The molecule has 0 aliphatic carbocycles. The summed E-state index contributed by atoms with van der Waals surface area (Å²) in [7, 11) is -2.15. The number of aromatic amines is 1. The largest absolute Gasteiger partial charge is 0.285 e. The summed E-state index contributed by atoms with van der Waals surface area (Å²) < 4.78 is 27.7. The number of H-pyrrole nitrogens is 1. The van der Waals surface area contributed by atoms with Crippen LogP contribution in [0.5, 0.6) is 0 Å². The van der Waals surface area contributed by atoms with Crippen LogP contribution < -0.4 is 4.72 Å². The molecule has 2 heterocycles. The molecule has 10 heteroatoms. The third-order valence-electron chi connectivity index (χ3n) is 2.01. The zero-order valence-corrected chi connectivity index (χ0v) is 11.2. The molecule has 0 atom stereocenters. The van der Waals surface area contributed by atoms with Gasteiger partial charge in [0.05, 0.1) is 6.20 Å². The monoisotopic (exact) mass is 320 g/mol. The topological polar surface area (TPSA) is 106 Å². The van der Waals surface area contributed by atoms with Gasteiger partial charge in [-0.2, -0.15) is 5.10 Å². The van der Waals surface area contributed by atoms with Gasteiger partial charge in [0, 0.05) is 25.4 Å². The van der Waals surface area contributed by atoms with Crippen LogP contribution in [-0.2, 0) is 23.6 Å². The predicted molar refractivity (Wildman–Crippen MR) is 61.3 cm³/mol. The fourth-order valence-electron chi connectivity index (χ4n) is 1.23. The minimum Gasteiger partial charge on any atom is -0.285 e. The van der Waals surface area contributed by atoms with Crippen LogP contribution in [0.15, 0.2) is 22.0 Å². The molecule has 0 bridgehead atoms. The molecule has 2 aromatic heterocycles. The Balaban J connectivity index is 2.20. The van der Waals surface area contributed by atoms with Gasteiger partial charge in [0.15, 0.2) is 4.60 Å². The van der Waals surface area contributed by atoms with Crippen molar-refractivity contribution in [2.75, 3.05) is 0 Å². The van der Waals surface area contributed by atoms with Gasteiger partial charge < -0.3 is 0 Å². The van der Waals surface area contributed by atoms with E-state index in [1.54, 1.807) is 12.4 Å². The second-order valence-electron chi connectivity index (χ2n) is 3.24. The first-order chi connectivity index (χ1) is 8.00. The van der Waals surface area contributed by atoms with Gasteiger partial charge in [-0.3, -0.25) is 5.10 Å². The molecule has 0 fully saturated rings. The molecule has 2 N–H and O–H groups in total. The molecule has 92 valence electrons. The van der Waals surface area contributed by atoms with E-state index in [9.17, 15) is 8.42 Å². The van der Waals surface area contributed by atoms with Crippen molar-refractivity contribution in [2.45, 2.75) is 11.6 Å². The third-order valence-corrected chi connectivity index (χ3v) is 4.30. The standard InChI is InChI=1S/C7H9BrN6O2S/c1-14-7(6(8)12-13-14)17(15,16)11-4-5-2-9-10-3-5/h2-3,11H,4H2,1H3,(H,9,10). The normalized spacial score (nSPS) is 11.9. The number of aryl methyl sites for hydroxylation is 1. The number of rotatable bonds is 4. The summed E-state index contributed by atoms with van der Waals surface area (Å²) in [5.74, 6) is 0. The second-order valence-corrected chi connectivity index (χ2v) is 5.67. The van der Waals surface area contributed by atoms with Gasteiger partial charge in [0.25, 0.3) is 10.0 Å². The van der Waals surface area contributed by atoms with Gasteiger partial charge in [0.2, 0.25) is 5.03 Å². The molecule has 0 saturated heterocycles. The average molecular weight is 321 g/mol. The Morgan fingerprint density at radius 3 is 2.88 bits per heavy atom. The highest BCUT2D eigenvalue weighted by molar-refractivity contribution is 9.10. The summed E-state index contributed by atoms with van der Waals surface area (Å²) in [6, 6.07) is 0. The predicted octanol–water partition coefficient (Wildman–Crippen LogP) is -0.221. The highest BCUT2D eigenvalue weighted by atomic mass is 79.9. The molecule has 0 saturated carbocycles. The zero-order valence-electron chi connectivity index (χ0n) is 8.75. The van der Waals surface area contributed by atoms with Crippen LogP contribution in [0.25, 0.3) is 0 Å². The fraction of sp³-hybridized carbons (Fsp3) is 0.286. The molecule has 2 rings (SSSR count). The molecule has 0 radical (unpaired) electrons. The first-order valence-corrected chi connectivity index (χ1v) is 6.81. The van der Waals surface area contributed by atoms with E-state index >= 15 is 0 Å². The van der Waals surface area contributed by atoms with Crippen molar-refractivity contribution in [1.29, 1.82) is 0 Å². The lowest BCUT2D eigenvalue weighted by molar-refractivity contribution is 0.560. The van der Waals surface area contributed by atoms with Crippen LogP contribution in [0.2, 0.25) is 0 Å². The number of sulfonamides is 1. The lowest BCUT2D eigenvalue weighted by atomic mass is 10.4. The molecule has 8 nitrogen and oxygen atoms in total. The maximum Gasteiger partial charge on any atom is 0.260 e. The molecule has 0 aromatic carbocycles. The first kappa shape index (κ1) is 12.2. The summed E-state index contributed by atoms with van der Waals surface area (Å²) in [6.07, 6.45) is 3.15. The maximum atomic E-state index is 12.0. The van der Waals surface area contributed by atoms with Gasteiger partial charge in [-0.15, -0.1) is 5.10 Å². The molecule has 17 heavy (non-hydrogen) atoms. The number of nitrogens with one attached hydrogen (secondary N) is 2. The lowest BCUT2D eigenvalue weighted by Gasteiger charge is -2.05. The smallest absolute Gasteiger partial charge is 0.260 e. The van der Waals surface area contributed by atoms with E-state index in [2.05, 4.69) is 41.2 Å². The summed E-state index contributed by atoms with van der Waals surface area (Å²) >= 11 is 3.04. The molecule has 0 amide bonds. The molecule has 0 aliphatic heterocycles. The van der Waals surface area contributed by atoms with E-state index in [1.165, 1.54) is 11.7 Å². The molecular weight excluding hydrogens is 312 g/mol. The molecule has 0 unspecified atom stereocenters. The summed E-state index contributed by atoms with van der Waals surface area (Å²) in [6.45, 7) is 0.149. The minimum atomic E-state index is -3.65. The number of halogens is 1. The number of nitrogens with zero attached hydrogens (tertiary/aromatic N) is 4. The Labute approximate surface area is 106 Å². The van der Waals surface area contributed by atoms with Crippen LogP contribution in [0.3, 0.4) is 0 Å². The Bertz CT molecular complexity index is 585. The van der Waals surface area contributed by atoms with Gasteiger partial charge in [-0.25, -0.2) is 17.8 Å². The molecule has 2 aromatic rings. The second kappa shape index (κ2) is 4.55. The number of hydrogen-bond donors (Lipinski definition) is 2. The van der Waals surface area contributed by atoms with Gasteiger partial charge >= 0.3 is 0 Å². The summed E-state index contributed by atoms with van der Waals surface area (Å²) in [4.78, 5) is 0. The van der Waals surface area contributed by atoms with E-state index in [0.717, 1.165) is 5.56 Å². The fourth-order valence-corrected chi connectivity index (χ4v) is 3.34. The van der Waals surface area contributed by atoms with E-state index in [4.69, 9.17) is 0 Å². The molecule has 0 spiro atoms.